The molecule has 4 aromatic carbocycles. The smallest absolute Gasteiger partial charge is 0.268 e. The minimum atomic E-state index is -0.831. The molecule has 4 N–H and O–H groups in total. The standard InChI is InChI=1S/C36H31BrCl2N4O4/c1-4-46-28-16-24(15-26(37)34(28)47-18-23-13-14-25(38)17-27(23)39)29(30-32(40-42-35(30)44)21-9-5-19(2)6-10-21)31-33(41-43-36(31)45)22-11-7-20(3)8-12-22/h5-17,29H,4,18H2,1-3H3,(H2,40,42,44)(H2,41,43,45). The number of benzene rings is 4. The largest absolute Gasteiger partial charge is 0.490 e. The quantitative estimate of drug-likeness (QED) is 0.113. The lowest BCUT2D eigenvalue weighted by Crippen LogP contribution is -2.20. The lowest BCUT2D eigenvalue weighted by atomic mass is 9.83. The molecule has 0 radical (unpaired) electrons. The van der Waals surface area contributed by atoms with Gasteiger partial charge in [-0.2, -0.15) is 0 Å². The molecule has 8 nitrogen and oxygen atoms in total. The van der Waals surface area contributed by atoms with Crippen molar-refractivity contribution in [2.75, 3.05) is 6.61 Å². The van der Waals surface area contributed by atoms with E-state index in [1.165, 1.54) is 0 Å². The van der Waals surface area contributed by atoms with Gasteiger partial charge in [0.25, 0.3) is 11.1 Å². The van der Waals surface area contributed by atoms with Crippen molar-refractivity contribution in [2.45, 2.75) is 33.3 Å². The highest BCUT2D eigenvalue weighted by Crippen LogP contribution is 2.44. The van der Waals surface area contributed by atoms with Crippen LogP contribution in [0.5, 0.6) is 11.5 Å². The first kappa shape index (κ1) is 32.5. The fraction of sp³-hybridized carbons (Fsp3) is 0.167. The van der Waals surface area contributed by atoms with Gasteiger partial charge in [0, 0.05) is 21.5 Å². The highest BCUT2D eigenvalue weighted by molar-refractivity contribution is 9.10. The summed E-state index contributed by atoms with van der Waals surface area (Å²) in [7, 11) is 0. The van der Waals surface area contributed by atoms with E-state index in [1.807, 2.05) is 81.4 Å². The molecule has 47 heavy (non-hydrogen) atoms. The summed E-state index contributed by atoms with van der Waals surface area (Å²) in [6, 6.07) is 24.5. The summed E-state index contributed by atoms with van der Waals surface area (Å²) < 4.78 is 12.9. The van der Waals surface area contributed by atoms with Crippen molar-refractivity contribution >= 4 is 39.1 Å². The van der Waals surface area contributed by atoms with E-state index in [2.05, 4.69) is 36.3 Å². The topological polar surface area (TPSA) is 116 Å². The van der Waals surface area contributed by atoms with Crippen molar-refractivity contribution in [1.82, 2.24) is 20.4 Å². The lowest BCUT2D eigenvalue weighted by molar-refractivity contribution is 0.267. The van der Waals surface area contributed by atoms with Crippen molar-refractivity contribution in [3.05, 3.63) is 147 Å². The van der Waals surface area contributed by atoms with E-state index in [-0.39, 0.29) is 17.7 Å². The van der Waals surface area contributed by atoms with Crippen LogP contribution in [0.1, 0.15) is 46.2 Å². The molecule has 0 atom stereocenters. The molecule has 240 valence electrons. The van der Waals surface area contributed by atoms with Crippen LogP contribution in [0.15, 0.2) is 92.9 Å². The third-order valence-corrected chi connectivity index (χ3v) is 9.12. The summed E-state index contributed by atoms with van der Waals surface area (Å²) in [5.41, 5.74) is 6.31. The summed E-state index contributed by atoms with van der Waals surface area (Å²) in [6.07, 6.45) is 0. The predicted molar refractivity (Wildman–Crippen MR) is 190 cm³/mol. The van der Waals surface area contributed by atoms with E-state index >= 15 is 0 Å². The zero-order valence-electron chi connectivity index (χ0n) is 25.8. The Morgan fingerprint density at radius 3 is 1.79 bits per heavy atom. The third-order valence-electron chi connectivity index (χ3n) is 7.94. The Bertz CT molecular complexity index is 2070. The van der Waals surface area contributed by atoms with Crippen molar-refractivity contribution < 1.29 is 9.47 Å². The Kier molecular flexibility index (Phi) is 9.50. The van der Waals surface area contributed by atoms with Gasteiger partial charge in [0.05, 0.1) is 33.6 Å². The Balaban J connectivity index is 1.55. The fourth-order valence-corrected chi connectivity index (χ4v) is 6.64. The SMILES string of the molecule is CCOc1cc(C(c2c(-c3ccc(C)cc3)[nH][nH]c2=O)c2c(-c3ccc(C)cc3)[nH][nH]c2=O)cc(Br)c1OCc1ccc(Cl)cc1Cl. The number of halogens is 3. The molecule has 0 spiro atoms. The number of aromatic nitrogens is 4. The molecule has 2 aromatic heterocycles. The van der Waals surface area contributed by atoms with Crippen LogP contribution in [0.25, 0.3) is 22.5 Å². The number of hydrogen-bond acceptors (Lipinski definition) is 4. The van der Waals surface area contributed by atoms with Gasteiger partial charge < -0.3 is 9.47 Å². The zero-order chi connectivity index (χ0) is 33.2. The van der Waals surface area contributed by atoms with Crippen molar-refractivity contribution in [3.8, 4) is 34.0 Å². The van der Waals surface area contributed by atoms with Crippen LogP contribution in [0, 0.1) is 13.8 Å². The summed E-state index contributed by atoms with van der Waals surface area (Å²) in [5, 5.41) is 12.7. The van der Waals surface area contributed by atoms with Crippen LogP contribution >= 0.6 is 39.1 Å². The number of hydrogen-bond donors (Lipinski definition) is 4. The summed E-state index contributed by atoms with van der Waals surface area (Å²) in [5.74, 6) is 0.0476. The van der Waals surface area contributed by atoms with Gasteiger partial charge in [-0.3, -0.25) is 30.0 Å². The summed E-state index contributed by atoms with van der Waals surface area (Å²) >= 11 is 16.2. The summed E-state index contributed by atoms with van der Waals surface area (Å²) in [4.78, 5) is 27.5. The normalized spacial score (nSPS) is 11.3. The van der Waals surface area contributed by atoms with Gasteiger partial charge in [-0.15, -0.1) is 0 Å². The molecule has 0 amide bonds. The molecular formula is C36H31BrCl2N4O4. The number of ether oxygens (including phenoxy) is 2. The van der Waals surface area contributed by atoms with E-state index in [9.17, 15) is 9.59 Å². The molecule has 0 bridgehead atoms. The number of aryl methyl sites for hydroxylation is 2. The molecule has 0 unspecified atom stereocenters. The Labute approximate surface area is 289 Å². The van der Waals surface area contributed by atoms with Gasteiger partial charge in [-0.05, 0) is 77.7 Å². The lowest BCUT2D eigenvalue weighted by Gasteiger charge is -2.21. The van der Waals surface area contributed by atoms with Crippen LogP contribution in [0.4, 0.5) is 0 Å². The fourth-order valence-electron chi connectivity index (χ4n) is 5.61. The molecule has 11 heteroatoms. The monoisotopic (exact) mass is 732 g/mol. The molecular weight excluding hydrogens is 703 g/mol. The first-order valence-corrected chi connectivity index (χ1v) is 16.5. The minimum Gasteiger partial charge on any atom is -0.490 e. The average molecular weight is 734 g/mol. The molecule has 6 rings (SSSR count). The van der Waals surface area contributed by atoms with Gasteiger partial charge in [0.15, 0.2) is 11.5 Å². The van der Waals surface area contributed by atoms with Crippen LogP contribution in [-0.4, -0.2) is 27.0 Å². The van der Waals surface area contributed by atoms with E-state index in [0.29, 0.717) is 60.7 Å². The van der Waals surface area contributed by atoms with Gasteiger partial charge in [0.1, 0.15) is 6.61 Å². The number of H-pyrrole nitrogens is 4. The third kappa shape index (κ3) is 6.70. The highest BCUT2D eigenvalue weighted by atomic mass is 79.9. The first-order chi connectivity index (χ1) is 22.6. The highest BCUT2D eigenvalue weighted by Gasteiger charge is 2.32. The molecule has 0 aliphatic rings. The van der Waals surface area contributed by atoms with Gasteiger partial charge in [0.2, 0.25) is 0 Å². The molecule has 6 aromatic rings. The van der Waals surface area contributed by atoms with E-state index in [0.717, 1.165) is 27.8 Å². The second-order valence-electron chi connectivity index (χ2n) is 11.2. The van der Waals surface area contributed by atoms with Crippen LogP contribution < -0.4 is 20.6 Å². The zero-order valence-corrected chi connectivity index (χ0v) is 28.9. The molecule has 0 aliphatic heterocycles. The average Bonchev–Trinajstić information content (AvgIpc) is 3.61. The van der Waals surface area contributed by atoms with Gasteiger partial charge in [-0.1, -0.05) is 88.9 Å². The van der Waals surface area contributed by atoms with Gasteiger partial charge in [-0.25, -0.2) is 0 Å². The molecule has 2 heterocycles. The Hall–Kier alpha value is -4.44. The van der Waals surface area contributed by atoms with E-state index < -0.39 is 5.92 Å². The van der Waals surface area contributed by atoms with Crippen LogP contribution in [-0.2, 0) is 6.61 Å². The molecule has 0 saturated heterocycles. The molecule has 0 aliphatic carbocycles. The second-order valence-corrected chi connectivity index (χ2v) is 12.9. The first-order valence-electron chi connectivity index (χ1n) is 14.9. The van der Waals surface area contributed by atoms with Crippen molar-refractivity contribution in [3.63, 3.8) is 0 Å². The van der Waals surface area contributed by atoms with E-state index in [4.69, 9.17) is 32.7 Å². The summed E-state index contributed by atoms with van der Waals surface area (Å²) in [6.45, 7) is 6.37. The van der Waals surface area contributed by atoms with Crippen molar-refractivity contribution in [1.29, 1.82) is 0 Å². The maximum atomic E-state index is 13.8. The van der Waals surface area contributed by atoms with Crippen LogP contribution in [0.3, 0.4) is 0 Å². The number of rotatable bonds is 10. The minimum absolute atomic E-state index is 0.154. The maximum absolute atomic E-state index is 13.8. The van der Waals surface area contributed by atoms with Gasteiger partial charge >= 0.3 is 0 Å². The predicted octanol–water partition coefficient (Wildman–Crippen LogP) is 8.90. The number of nitrogens with one attached hydrogen (secondary N) is 4. The van der Waals surface area contributed by atoms with E-state index in [1.54, 1.807) is 18.2 Å². The molecule has 0 fully saturated rings. The van der Waals surface area contributed by atoms with Crippen molar-refractivity contribution in [2.24, 2.45) is 0 Å². The maximum Gasteiger partial charge on any atom is 0.268 e. The Morgan fingerprint density at radius 2 is 1.28 bits per heavy atom. The Morgan fingerprint density at radius 1 is 0.723 bits per heavy atom. The second kappa shape index (κ2) is 13.7. The molecule has 0 saturated carbocycles. The van der Waals surface area contributed by atoms with Crippen LogP contribution in [0.2, 0.25) is 10.0 Å². The number of aromatic amines is 4.